The van der Waals surface area contributed by atoms with Crippen LogP contribution in [0.1, 0.15) is 36.6 Å². The first-order valence-corrected chi connectivity index (χ1v) is 8.26. The third-order valence-electron chi connectivity index (χ3n) is 2.99. The standard InChI is InChI=1S/C14H23NO2S/c1-10-6-7-11(2)14(8-10)13(4)15-12(3)9-18(5,16)17/h6-8,12-13,15H,9H2,1-5H3. The molecule has 0 saturated carbocycles. The maximum absolute atomic E-state index is 11.2. The Morgan fingerprint density at radius 2 is 1.83 bits per heavy atom. The minimum atomic E-state index is -2.93. The number of hydrogen-bond acceptors (Lipinski definition) is 3. The van der Waals surface area contributed by atoms with Crippen molar-refractivity contribution >= 4 is 9.84 Å². The van der Waals surface area contributed by atoms with E-state index in [1.54, 1.807) is 0 Å². The van der Waals surface area contributed by atoms with Gasteiger partial charge in [-0.15, -0.1) is 0 Å². The van der Waals surface area contributed by atoms with Gasteiger partial charge in [0.2, 0.25) is 0 Å². The van der Waals surface area contributed by atoms with Gasteiger partial charge in [0.25, 0.3) is 0 Å². The highest BCUT2D eigenvalue weighted by atomic mass is 32.2. The summed E-state index contributed by atoms with van der Waals surface area (Å²) in [5, 5.41) is 3.34. The molecule has 0 bridgehead atoms. The number of aryl methyl sites for hydroxylation is 2. The Kier molecular flexibility index (Phi) is 4.93. The molecule has 1 aromatic carbocycles. The van der Waals surface area contributed by atoms with E-state index in [4.69, 9.17) is 0 Å². The van der Waals surface area contributed by atoms with E-state index >= 15 is 0 Å². The van der Waals surface area contributed by atoms with Gasteiger partial charge in [0.1, 0.15) is 9.84 Å². The number of sulfone groups is 1. The van der Waals surface area contributed by atoms with Crippen molar-refractivity contribution in [1.29, 1.82) is 0 Å². The summed E-state index contributed by atoms with van der Waals surface area (Å²) in [5.74, 6) is 0.169. The molecule has 0 aliphatic rings. The lowest BCUT2D eigenvalue weighted by Gasteiger charge is -2.21. The van der Waals surface area contributed by atoms with Crippen molar-refractivity contribution in [3.05, 3.63) is 34.9 Å². The van der Waals surface area contributed by atoms with Gasteiger partial charge in [0.05, 0.1) is 5.75 Å². The maximum atomic E-state index is 11.2. The van der Waals surface area contributed by atoms with Gasteiger partial charge in [-0.3, -0.25) is 0 Å². The van der Waals surface area contributed by atoms with Gasteiger partial charge in [0.15, 0.2) is 0 Å². The number of rotatable bonds is 5. The predicted octanol–water partition coefficient (Wildman–Crippen LogP) is 2.39. The molecule has 1 rings (SSSR count). The molecule has 3 nitrogen and oxygen atoms in total. The predicted molar refractivity (Wildman–Crippen MR) is 76.6 cm³/mol. The van der Waals surface area contributed by atoms with E-state index in [2.05, 4.69) is 44.3 Å². The quantitative estimate of drug-likeness (QED) is 0.892. The summed E-state index contributed by atoms with van der Waals surface area (Å²) in [7, 11) is -2.93. The Bertz CT molecular complexity index is 509. The molecule has 0 amide bonds. The second-order valence-corrected chi connectivity index (χ2v) is 7.43. The number of benzene rings is 1. The van der Waals surface area contributed by atoms with Crippen LogP contribution < -0.4 is 5.32 Å². The molecule has 1 N–H and O–H groups in total. The van der Waals surface area contributed by atoms with Gasteiger partial charge < -0.3 is 5.32 Å². The molecule has 2 unspecified atom stereocenters. The molecule has 0 saturated heterocycles. The summed E-state index contributed by atoms with van der Waals surface area (Å²) in [6, 6.07) is 6.45. The highest BCUT2D eigenvalue weighted by Gasteiger charge is 2.15. The van der Waals surface area contributed by atoms with Crippen LogP contribution in [0.4, 0.5) is 0 Å². The van der Waals surface area contributed by atoms with E-state index in [0.717, 1.165) is 0 Å². The molecule has 0 radical (unpaired) electrons. The minimum Gasteiger partial charge on any atom is -0.307 e. The molecule has 0 heterocycles. The van der Waals surface area contributed by atoms with Crippen LogP contribution in [-0.4, -0.2) is 26.5 Å². The molecule has 0 aliphatic heterocycles. The van der Waals surface area contributed by atoms with Crippen LogP contribution in [0.15, 0.2) is 18.2 Å². The van der Waals surface area contributed by atoms with Gasteiger partial charge in [-0.25, -0.2) is 8.42 Å². The molecule has 102 valence electrons. The molecule has 4 heteroatoms. The average molecular weight is 269 g/mol. The lowest BCUT2D eigenvalue weighted by Crippen LogP contribution is -2.34. The lowest BCUT2D eigenvalue weighted by molar-refractivity contribution is 0.499. The first-order valence-electron chi connectivity index (χ1n) is 6.20. The Hall–Kier alpha value is -0.870. The second kappa shape index (κ2) is 5.85. The summed E-state index contributed by atoms with van der Waals surface area (Å²) in [4.78, 5) is 0. The van der Waals surface area contributed by atoms with Gasteiger partial charge in [-0.2, -0.15) is 0 Å². The second-order valence-electron chi connectivity index (χ2n) is 5.24. The number of nitrogens with one attached hydrogen (secondary N) is 1. The van der Waals surface area contributed by atoms with E-state index in [1.807, 2.05) is 6.92 Å². The highest BCUT2D eigenvalue weighted by Crippen LogP contribution is 2.19. The van der Waals surface area contributed by atoms with Crippen molar-refractivity contribution in [2.24, 2.45) is 0 Å². The van der Waals surface area contributed by atoms with E-state index in [9.17, 15) is 8.42 Å². The van der Waals surface area contributed by atoms with Crippen LogP contribution in [-0.2, 0) is 9.84 Å². The summed E-state index contributed by atoms with van der Waals surface area (Å²) in [6.45, 7) is 8.12. The summed E-state index contributed by atoms with van der Waals surface area (Å²) < 4.78 is 22.5. The van der Waals surface area contributed by atoms with Crippen LogP contribution in [0.25, 0.3) is 0 Å². The van der Waals surface area contributed by atoms with Crippen LogP contribution in [0.3, 0.4) is 0 Å². The minimum absolute atomic E-state index is 0.0464. The van der Waals surface area contributed by atoms with Crippen molar-refractivity contribution in [1.82, 2.24) is 5.32 Å². The SMILES string of the molecule is Cc1ccc(C)c(C(C)NC(C)CS(C)(=O)=O)c1. The van der Waals surface area contributed by atoms with Gasteiger partial charge in [0, 0.05) is 18.3 Å². The Balaban J connectivity index is 2.76. The molecule has 1 aromatic rings. The van der Waals surface area contributed by atoms with Crippen LogP contribution in [0.2, 0.25) is 0 Å². The third-order valence-corrected chi connectivity index (χ3v) is 4.09. The summed E-state index contributed by atoms with van der Waals surface area (Å²) in [5.41, 5.74) is 3.68. The Morgan fingerprint density at radius 3 is 2.39 bits per heavy atom. The molecular weight excluding hydrogens is 246 g/mol. The first kappa shape index (κ1) is 15.2. The molecule has 18 heavy (non-hydrogen) atoms. The van der Waals surface area contributed by atoms with Crippen molar-refractivity contribution in [2.45, 2.75) is 39.8 Å². The van der Waals surface area contributed by atoms with E-state index in [-0.39, 0.29) is 17.8 Å². The Labute approximate surface area is 111 Å². The van der Waals surface area contributed by atoms with Gasteiger partial charge in [-0.1, -0.05) is 23.8 Å². The first-order chi connectivity index (χ1) is 8.19. The molecule has 0 aromatic heterocycles. The fourth-order valence-corrected chi connectivity index (χ4v) is 3.25. The largest absolute Gasteiger partial charge is 0.307 e. The van der Waals surface area contributed by atoms with Gasteiger partial charge in [-0.05, 0) is 38.8 Å². The lowest BCUT2D eigenvalue weighted by atomic mass is 9.99. The van der Waals surface area contributed by atoms with Crippen LogP contribution >= 0.6 is 0 Å². The molecule has 2 atom stereocenters. The fourth-order valence-electron chi connectivity index (χ4n) is 2.25. The Morgan fingerprint density at radius 1 is 1.22 bits per heavy atom. The van der Waals surface area contributed by atoms with Crippen LogP contribution in [0, 0.1) is 13.8 Å². The van der Waals surface area contributed by atoms with Crippen molar-refractivity contribution in [3.63, 3.8) is 0 Å². The average Bonchev–Trinajstić information content (AvgIpc) is 2.18. The van der Waals surface area contributed by atoms with Crippen molar-refractivity contribution in [2.75, 3.05) is 12.0 Å². The van der Waals surface area contributed by atoms with E-state index in [1.165, 1.54) is 22.9 Å². The zero-order chi connectivity index (χ0) is 13.9. The third kappa shape index (κ3) is 4.78. The van der Waals surface area contributed by atoms with E-state index in [0.29, 0.717) is 0 Å². The molecule has 0 spiro atoms. The number of hydrogen-bond donors (Lipinski definition) is 1. The van der Waals surface area contributed by atoms with E-state index < -0.39 is 9.84 Å². The zero-order valence-electron chi connectivity index (χ0n) is 11.8. The zero-order valence-corrected chi connectivity index (χ0v) is 12.6. The smallest absolute Gasteiger partial charge is 0.148 e. The summed E-state index contributed by atoms with van der Waals surface area (Å²) >= 11 is 0. The molecule has 0 aliphatic carbocycles. The highest BCUT2D eigenvalue weighted by molar-refractivity contribution is 7.90. The normalized spacial score (nSPS) is 15.4. The summed E-state index contributed by atoms with van der Waals surface area (Å²) in [6.07, 6.45) is 1.27. The fraction of sp³-hybridized carbons (Fsp3) is 0.571. The topological polar surface area (TPSA) is 46.2 Å². The van der Waals surface area contributed by atoms with Crippen molar-refractivity contribution < 1.29 is 8.42 Å². The molecule has 0 fully saturated rings. The monoisotopic (exact) mass is 269 g/mol. The molecular formula is C14H23NO2S. The van der Waals surface area contributed by atoms with Crippen molar-refractivity contribution in [3.8, 4) is 0 Å². The van der Waals surface area contributed by atoms with Crippen LogP contribution in [0.5, 0.6) is 0 Å². The maximum Gasteiger partial charge on any atom is 0.148 e. The van der Waals surface area contributed by atoms with Gasteiger partial charge >= 0.3 is 0 Å².